The molecule has 1 aliphatic heterocycles. The van der Waals surface area contributed by atoms with Crippen molar-refractivity contribution >= 4 is 23.5 Å². The normalized spacial score (nSPS) is 21.6. The number of aliphatic hydroxyl groups excluding tert-OH is 1. The molecule has 1 aromatic heterocycles. The molecule has 2 aromatic carbocycles. The van der Waals surface area contributed by atoms with Crippen LogP contribution in [0.4, 0.5) is 10.5 Å². The maximum atomic E-state index is 11.8. The minimum atomic E-state index is -0.586. The number of aryl methyl sites for hydroxylation is 1. The van der Waals surface area contributed by atoms with Crippen LogP contribution in [0.15, 0.2) is 78.7 Å². The number of nitrogens with one attached hydrogen (secondary N) is 1. The first kappa shape index (κ1) is 26.0. The maximum Gasteiger partial charge on any atom is 0.411 e. The molecule has 1 saturated heterocycles. The predicted molar refractivity (Wildman–Crippen MR) is 139 cm³/mol. The molecule has 1 amide bonds. The molecule has 1 aliphatic rings. The number of imidazole rings is 1. The largest absolute Gasteiger partial charge is 0.445 e. The fraction of sp³-hybridized carbons (Fsp3) is 0.333. The van der Waals surface area contributed by atoms with Gasteiger partial charge in [0.2, 0.25) is 0 Å². The highest BCUT2D eigenvalue weighted by atomic mass is 32.2. The Labute approximate surface area is 215 Å². The van der Waals surface area contributed by atoms with E-state index in [1.54, 1.807) is 30.1 Å². The number of ether oxygens (including phenoxy) is 3. The third kappa shape index (κ3) is 6.36. The maximum absolute atomic E-state index is 11.8. The molecule has 8 nitrogen and oxygen atoms in total. The average Bonchev–Trinajstić information content (AvgIpc) is 3.32. The average molecular weight is 510 g/mol. The van der Waals surface area contributed by atoms with Crippen LogP contribution in [0, 0.1) is 5.92 Å². The second-order valence-electron chi connectivity index (χ2n) is 8.59. The molecule has 0 spiro atoms. The highest BCUT2D eigenvalue weighted by Gasteiger charge is 2.38. The van der Waals surface area contributed by atoms with Crippen molar-refractivity contribution in [2.24, 2.45) is 13.0 Å². The Morgan fingerprint density at radius 2 is 1.92 bits per heavy atom. The summed E-state index contributed by atoms with van der Waals surface area (Å²) in [6.07, 6.45) is 3.80. The van der Waals surface area contributed by atoms with Crippen molar-refractivity contribution in [1.29, 1.82) is 0 Å². The third-order valence-electron chi connectivity index (χ3n) is 6.04. The van der Waals surface area contributed by atoms with Gasteiger partial charge in [0.1, 0.15) is 6.61 Å². The summed E-state index contributed by atoms with van der Waals surface area (Å²) in [7, 11) is 1.97. The number of nitrogens with zero attached hydrogens (tertiary/aromatic N) is 2. The number of benzene rings is 2. The van der Waals surface area contributed by atoms with Crippen LogP contribution >= 0.6 is 11.8 Å². The lowest BCUT2D eigenvalue weighted by molar-refractivity contribution is -0.268. The summed E-state index contributed by atoms with van der Waals surface area (Å²) < 4.78 is 19.9. The number of thioether (sulfide) groups is 1. The van der Waals surface area contributed by atoms with E-state index in [2.05, 4.69) is 23.8 Å². The fourth-order valence-corrected chi connectivity index (χ4v) is 5.07. The zero-order valence-corrected chi connectivity index (χ0v) is 21.2. The van der Waals surface area contributed by atoms with E-state index in [1.807, 2.05) is 54.2 Å². The van der Waals surface area contributed by atoms with Crippen LogP contribution in [0.25, 0.3) is 0 Å². The van der Waals surface area contributed by atoms with Gasteiger partial charge in [-0.3, -0.25) is 5.32 Å². The quantitative estimate of drug-likeness (QED) is 0.301. The van der Waals surface area contributed by atoms with E-state index in [-0.39, 0.29) is 31.3 Å². The van der Waals surface area contributed by atoms with Crippen LogP contribution in [-0.4, -0.2) is 39.2 Å². The van der Waals surface area contributed by atoms with Gasteiger partial charge in [-0.15, -0.1) is 0 Å². The smallest absolute Gasteiger partial charge is 0.411 e. The summed E-state index contributed by atoms with van der Waals surface area (Å²) in [5.41, 5.74) is 3.33. The zero-order valence-electron chi connectivity index (χ0n) is 20.4. The summed E-state index contributed by atoms with van der Waals surface area (Å²) in [5.74, 6) is 0.792. The standard InChI is InChI=1S/C27H31N3O5S/c1-4-15-33-27(32)29-22-11-9-21(10-12-22)25-34-23(17-36-26-28-13-14-30(26)3)18(2)24(35-25)20-7-5-19(16-31)6-8-20/h4-14,18,23-25,31H,1,15-17H2,2-3H3,(H,29,32)/t18-,23+,24+,25+/m0/s1. The van der Waals surface area contributed by atoms with Gasteiger partial charge < -0.3 is 23.9 Å². The minimum absolute atomic E-state index is 0.00244. The molecule has 1 fully saturated rings. The van der Waals surface area contributed by atoms with Gasteiger partial charge in [-0.1, -0.05) is 67.7 Å². The SMILES string of the molecule is C=CCOC(=O)Nc1ccc([C@@H]2O[C@H](CSc3nccn3C)[C@H](C)[C@H](c3ccc(CO)cc3)O2)cc1. The van der Waals surface area contributed by atoms with Crippen LogP contribution in [0.1, 0.15) is 36.0 Å². The molecule has 3 aromatic rings. The van der Waals surface area contributed by atoms with E-state index in [4.69, 9.17) is 14.2 Å². The first-order valence-electron chi connectivity index (χ1n) is 11.7. The fourth-order valence-electron chi connectivity index (χ4n) is 3.97. The van der Waals surface area contributed by atoms with Gasteiger partial charge in [0.05, 0.1) is 18.8 Å². The lowest BCUT2D eigenvalue weighted by Gasteiger charge is -2.41. The van der Waals surface area contributed by atoms with Crippen molar-refractivity contribution in [3.05, 3.63) is 90.3 Å². The number of aromatic nitrogens is 2. The van der Waals surface area contributed by atoms with E-state index in [9.17, 15) is 9.90 Å². The van der Waals surface area contributed by atoms with E-state index in [1.165, 1.54) is 6.08 Å². The van der Waals surface area contributed by atoms with Crippen LogP contribution in [-0.2, 0) is 27.9 Å². The van der Waals surface area contributed by atoms with E-state index in [0.29, 0.717) is 11.4 Å². The van der Waals surface area contributed by atoms with Gasteiger partial charge >= 0.3 is 6.09 Å². The number of hydrogen-bond donors (Lipinski definition) is 2. The summed E-state index contributed by atoms with van der Waals surface area (Å²) in [5, 5.41) is 13.0. The topological polar surface area (TPSA) is 94.8 Å². The van der Waals surface area contributed by atoms with Crippen LogP contribution < -0.4 is 5.32 Å². The van der Waals surface area contributed by atoms with E-state index in [0.717, 1.165) is 21.8 Å². The van der Waals surface area contributed by atoms with Crippen LogP contribution in [0.3, 0.4) is 0 Å². The van der Waals surface area contributed by atoms with Gasteiger partial charge in [-0.2, -0.15) is 0 Å². The molecule has 0 bridgehead atoms. The van der Waals surface area contributed by atoms with Crippen molar-refractivity contribution in [3.63, 3.8) is 0 Å². The molecule has 0 aliphatic carbocycles. The number of amides is 1. The lowest BCUT2D eigenvalue weighted by atomic mass is 9.91. The highest BCUT2D eigenvalue weighted by molar-refractivity contribution is 7.99. The molecule has 190 valence electrons. The molecule has 4 atom stereocenters. The second-order valence-corrected chi connectivity index (χ2v) is 9.57. The Morgan fingerprint density at radius 3 is 2.56 bits per heavy atom. The van der Waals surface area contributed by atoms with Crippen molar-refractivity contribution in [1.82, 2.24) is 9.55 Å². The molecular formula is C27H31N3O5S. The number of rotatable bonds is 9. The third-order valence-corrected chi connectivity index (χ3v) is 7.19. The molecule has 0 radical (unpaired) electrons. The molecule has 0 unspecified atom stereocenters. The number of hydrogen-bond acceptors (Lipinski definition) is 7. The Hall–Kier alpha value is -3.11. The Bertz CT molecular complexity index is 1150. The summed E-state index contributed by atoms with van der Waals surface area (Å²) >= 11 is 1.65. The van der Waals surface area contributed by atoms with Gasteiger partial charge in [0.15, 0.2) is 11.4 Å². The Morgan fingerprint density at radius 1 is 1.19 bits per heavy atom. The molecule has 9 heteroatoms. The summed E-state index contributed by atoms with van der Waals surface area (Å²) in [6.45, 7) is 5.80. The zero-order chi connectivity index (χ0) is 25.5. The first-order chi connectivity index (χ1) is 17.5. The molecule has 0 saturated carbocycles. The monoisotopic (exact) mass is 509 g/mol. The molecular weight excluding hydrogens is 478 g/mol. The second kappa shape index (κ2) is 12.2. The lowest BCUT2D eigenvalue weighted by Crippen LogP contribution is -2.38. The van der Waals surface area contributed by atoms with Gasteiger partial charge in [-0.25, -0.2) is 9.78 Å². The van der Waals surface area contributed by atoms with E-state index >= 15 is 0 Å². The van der Waals surface area contributed by atoms with Crippen molar-refractivity contribution in [3.8, 4) is 0 Å². The number of anilines is 1. The summed E-state index contributed by atoms with van der Waals surface area (Å²) in [4.78, 5) is 16.2. The highest BCUT2D eigenvalue weighted by Crippen LogP contribution is 2.43. The first-order valence-corrected chi connectivity index (χ1v) is 12.7. The number of carbonyl (C=O) groups is 1. The number of aliphatic hydroxyl groups is 1. The Balaban J connectivity index is 1.52. The summed E-state index contributed by atoms with van der Waals surface area (Å²) in [6, 6.07) is 15.2. The molecule has 4 rings (SSSR count). The predicted octanol–water partition coefficient (Wildman–Crippen LogP) is 5.23. The van der Waals surface area contributed by atoms with Crippen molar-refractivity contribution < 1.29 is 24.1 Å². The van der Waals surface area contributed by atoms with Gasteiger partial charge in [-0.05, 0) is 23.3 Å². The Kier molecular flexibility index (Phi) is 8.82. The number of carbonyl (C=O) groups excluding carboxylic acids is 1. The van der Waals surface area contributed by atoms with Crippen LogP contribution in [0.2, 0.25) is 0 Å². The molecule has 2 heterocycles. The minimum Gasteiger partial charge on any atom is -0.445 e. The van der Waals surface area contributed by atoms with Crippen molar-refractivity contribution in [2.45, 2.75) is 37.2 Å². The van der Waals surface area contributed by atoms with Crippen molar-refractivity contribution in [2.75, 3.05) is 17.7 Å². The van der Waals surface area contributed by atoms with Crippen LogP contribution in [0.5, 0.6) is 0 Å². The van der Waals surface area contributed by atoms with E-state index < -0.39 is 12.4 Å². The van der Waals surface area contributed by atoms with Gasteiger partial charge in [0.25, 0.3) is 0 Å². The van der Waals surface area contributed by atoms with Gasteiger partial charge in [0, 0.05) is 42.4 Å². The molecule has 2 N–H and O–H groups in total. The molecule has 36 heavy (non-hydrogen) atoms.